The van der Waals surface area contributed by atoms with Gasteiger partial charge in [0.25, 0.3) is 0 Å². The van der Waals surface area contributed by atoms with E-state index in [1.54, 1.807) is 0 Å². The van der Waals surface area contributed by atoms with Gasteiger partial charge in [0.05, 0.1) is 26.4 Å². The Morgan fingerprint density at radius 3 is 0.850 bits per heavy atom. The number of aliphatic hydroxyl groups is 1. The molecule has 0 aliphatic heterocycles. The monoisotopic (exact) mass is 1460 g/mol. The van der Waals surface area contributed by atoms with Crippen LogP contribution in [0.2, 0.25) is 0 Å². The number of aliphatic hydroxyl groups excluding tert-OH is 1. The number of rotatable bonds is 79. The van der Waals surface area contributed by atoms with Crippen molar-refractivity contribution in [2.45, 2.75) is 425 Å². The summed E-state index contributed by atoms with van der Waals surface area (Å²) < 4.78 is 68.6. The quantitative estimate of drug-likeness (QED) is 0.0169. The van der Waals surface area contributed by atoms with Crippen LogP contribution in [0.15, 0.2) is 24.3 Å². The van der Waals surface area contributed by atoms with E-state index >= 15 is 0 Å². The fraction of sp³-hybridized carbons (Fsp3) is 0.901. The van der Waals surface area contributed by atoms with Gasteiger partial charge in [0.15, 0.2) is 12.2 Å². The van der Waals surface area contributed by atoms with Gasteiger partial charge in [0, 0.05) is 25.7 Å². The molecule has 0 spiro atoms. The van der Waals surface area contributed by atoms with Gasteiger partial charge in [-0.25, -0.2) is 9.13 Å². The van der Waals surface area contributed by atoms with Crippen molar-refractivity contribution in [3.8, 4) is 0 Å². The van der Waals surface area contributed by atoms with Crippen LogP contribution in [-0.4, -0.2) is 96.7 Å². The molecule has 0 saturated carbocycles. The summed E-state index contributed by atoms with van der Waals surface area (Å²) in [7, 11) is -9.93. The highest BCUT2D eigenvalue weighted by Crippen LogP contribution is 2.45. The van der Waals surface area contributed by atoms with Gasteiger partial charge in [-0.1, -0.05) is 354 Å². The lowest BCUT2D eigenvalue weighted by Gasteiger charge is -2.21. The Labute approximate surface area is 612 Å². The van der Waals surface area contributed by atoms with Crippen molar-refractivity contribution in [1.29, 1.82) is 0 Å². The number of unbranched alkanes of at least 4 members (excludes halogenated alkanes) is 47. The molecule has 0 bridgehead atoms. The summed E-state index contributed by atoms with van der Waals surface area (Å²) in [6.45, 7) is 7.30. The SMILES string of the molecule is CCCCCC/C=C\C=C/CCCCCCCC(=O)O[C@H](COC(=O)CCCCCCCCCCC)COP(=O)(O)OC[C@H](O)COP(=O)(O)OC[C@@H](COC(=O)CCCCCCCCCCCCCCCCCCCC)OC(=O)CCCCCCCCCCCCCCCCC(C)CC. The summed E-state index contributed by atoms with van der Waals surface area (Å²) >= 11 is 0. The lowest BCUT2D eigenvalue weighted by atomic mass is 9.99. The molecular weight excluding hydrogens is 1310 g/mol. The molecular formula is C81H154O17P2. The number of ether oxygens (including phenoxy) is 4. The second-order valence-corrected chi connectivity index (χ2v) is 31.6. The molecule has 0 aromatic rings. The number of hydrogen-bond acceptors (Lipinski definition) is 15. The molecule has 17 nitrogen and oxygen atoms in total. The van der Waals surface area contributed by atoms with Crippen LogP contribution < -0.4 is 0 Å². The first-order chi connectivity index (χ1) is 48.6. The molecule has 100 heavy (non-hydrogen) atoms. The first-order valence-electron chi connectivity index (χ1n) is 41.5. The molecule has 0 aromatic heterocycles. The first-order valence-corrected chi connectivity index (χ1v) is 44.5. The standard InChI is InChI=1S/C81H154O17P2/c1-6-10-13-16-19-22-24-26-28-29-30-32-36-40-45-50-55-60-65-79(84)92-71-77(98-81(86)67-62-57-52-47-42-38-34-33-35-39-44-48-53-58-63-74(5)9-4)73-96-100(89,90)94-69-75(82)68-93-99(87,88)95-72-76(70-91-78(83)64-59-54-49-43-21-18-15-12-8-3)97-80(85)66-61-56-51-46-41-37-31-27-25-23-20-17-14-11-7-2/h23,25,27,31,74-77,82H,6-22,24,26,28-30,32-73H2,1-5H3,(H,87,88)(H,89,90)/b25-23-,31-27-/t74?,75-,76+,77+/m0/s1. The minimum Gasteiger partial charge on any atom is -0.462 e. The number of esters is 4. The molecule has 0 saturated heterocycles. The molecule has 0 aliphatic carbocycles. The van der Waals surface area contributed by atoms with Crippen molar-refractivity contribution in [2.75, 3.05) is 39.6 Å². The molecule has 0 aromatic carbocycles. The molecule has 0 rings (SSSR count). The maximum absolute atomic E-state index is 13.1. The molecule has 0 heterocycles. The van der Waals surface area contributed by atoms with Crippen molar-refractivity contribution in [3.05, 3.63) is 24.3 Å². The largest absolute Gasteiger partial charge is 0.472 e. The normalized spacial score (nSPS) is 14.3. The summed E-state index contributed by atoms with van der Waals surface area (Å²) in [5.74, 6) is -1.29. The Kier molecular flexibility index (Phi) is 71.6. The van der Waals surface area contributed by atoms with E-state index < -0.39 is 97.5 Å². The van der Waals surface area contributed by atoms with Crippen molar-refractivity contribution in [2.24, 2.45) is 5.92 Å². The Bertz CT molecular complexity index is 2010. The lowest BCUT2D eigenvalue weighted by Crippen LogP contribution is -2.30. The molecule has 3 unspecified atom stereocenters. The van der Waals surface area contributed by atoms with Gasteiger partial charge in [0.2, 0.25) is 0 Å². The molecule has 0 aliphatic rings. The van der Waals surface area contributed by atoms with Gasteiger partial charge < -0.3 is 33.8 Å². The Hall–Kier alpha value is -2.46. The zero-order valence-corrected chi connectivity index (χ0v) is 66.6. The first kappa shape index (κ1) is 97.5. The Morgan fingerprint density at radius 1 is 0.320 bits per heavy atom. The van der Waals surface area contributed by atoms with Crippen LogP contribution in [0.25, 0.3) is 0 Å². The van der Waals surface area contributed by atoms with Crippen LogP contribution in [0.4, 0.5) is 0 Å². The fourth-order valence-corrected chi connectivity index (χ4v) is 13.6. The third kappa shape index (κ3) is 72.5. The van der Waals surface area contributed by atoms with Crippen LogP contribution >= 0.6 is 15.6 Å². The second-order valence-electron chi connectivity index (χ2n) is 28.7. The van der Waals surface area contributed by atoms with Crippen LogP contribution in [0, 0.1) is 5.92 Å². The van der Waals surface area contributed by atoms with Crippen molar-refractivity contribution in [1.82, 2.24) is 0 Å². The van der Waals surface area contributed by atoms with E-state index in [9.17, 15) is 43.2 Å². The van der Waals surface area contributed by atoms with Crippen molar-refractivity contribution >= 4 is 39.5 Å². The van der Waals surface area contributed by atoms with Crippen molar-refractivity contribution < 1.29 is 80.2 Å². The molecule has 6 atom stereocenters. The predicted molar refractivity (Wildman–Crippen MR) is 409 cm³/mol. The number of phosphoric ester groups is 2. The van der Waals surface area contributed by atoms with Gasteiger partial charge in [-0.3, -0.25) is 37.3 Å². The van der Waals surface area contributed by atoms with E-state index in [1.165, 1.54) is 218 Å². The zero-order valence-electron chi connectivity index (χ0n) is 64.8. The molecule has 590 valence electrons. The highest BCUT2D eigenvalue weighted by molar-refractivity contribution is 7.47. The average Bonchev–Trinajstić information content (AvgIpc) is 1.03. The summed E-state index contributed by atoms with van der Waals surface area (Å²) in [4.78, 5) is 72.9. The Morgan fingerprint density at radius 2 is 0.560 bits per heavy atom. The number of hydrogen-bond donors (Lipinski definition) is 3. The van der Waals surface area contributed by atoms with E-state index in [2.05, 4.69) is 58.9 Å². The average molecular weight is 1460 g/mol. The fourth-order valence-electron chi connectivity index (χ4n) is 12.0. The summed E-state index contributed by atoms with van der Waals surface area (Å²) in [5, 5.41) is 10.6. The van der Waals surface area contributed by atoms with Crippen LogP contribution in [0.3, 0.4) is 0 Å². The van der Waals surface area contributed by atoms with Crippen molar-refractivity contribution in [3.63, 3.8) is 0 Å². The molecule has 19 heteroatoms. The van der Waals surface area contributed by atoms with Gasteiger partial charge in [-0.2, -0.15) is 0 Å². The van der Waals surface area contributed by atoms with E-state index in [4.69, 9.17) is 37.0 Å². The zero-order chi connectivity index (χ0) is 73.4. The second kappa shape index (κ2) is 73.4. The van der Waals surface area contributed by atoms with Gasteiger partial charge in [0.1, 0.15) is 19.3 Å². The highest BCUT2D eigenvalue weighted by atomic mass is 31.2. The van der Waals surface area contributed by atoms with Crippen LogP contribution in [0.1, 0.15) is 407 Å². The van der Waals surface area contributed by atoms with E-state index in [0.717, 1.165) is 109 Å². The smallest absolute Gasteiger partial charge is 0.462 e. The number of carbonyl (C=O) groups is 4. The molecule has 3 N–H and O–H groups in total. The van der Waals surface area contributed by atoms with Crippen LogP contribution in [-0.2, 0) is 65.4 Å². The Balaban J connectivity index is 5.26. The minimum atomic E-state index is -4.97. The van der Waals surface area contributed by atoms with Gasteiger partial charge in [-0.05, 0) is 57.3 Å². The third-order valence-electron chi connectivity index (χ3n) is 18.8. The number of phosphoric acid groups is 2. The summed E-state index contributed by atoms with van der Waals surface area (Å²) in [6.07, 6.45) is 67.3. The number of allylic oxidation sites excluding steroid dienone is 4. The van der Waals surface area contributed by atoms with Gasteiger partial charge >= 0.3 is 39.5 Å². The lowest BCUT2D eigenvalue weighted by molar-refractivity contribution is -0.161. The minimum absolute atomic E-state index is 0.0854. The molecule has 0 amide bonds. The predicted octanol–water partition coefficient (Wildman–Crippen LogP) is 24.0. The topological polar surface area (TPSA) is 237 Å². The maximum atomic E-state index is 13.1. The van der Waals surface area contributed by atoms with E-state index in [0.29, 0.717) is 25.7 Å². The molecule has 0 radical (unpaired) electrons. The number of carbonyl (C=O) groups excluding carboxylic acids is 4. The highest BCUT2D eigenvalue weighted by Gasteiger charge is 2.30. The third-order valence-corrected chi connectivity index (χ3v) is 20.7. The van der Waals surface area contributed by atoms with E-state index in [-0.39, 0.29) is 25.7 Å². The summed E-state index contributed by atoms with van der Waals surface area (Å²) in [5.41, 5.74) is 0. The maximum Gasteiger partial charge on any atom is 0.472 e. The van der Waals surface area contributed by atoms with E-state index in [1.807, 2.05) is 0 Å². The van der Waals surface area contributed by atoms with Gasteiger partial charge in [-0.15, -0.1) is 0 Å². The summed E-state index contributed by atoms with van der Waals surface area (Å²) in [6, 6.07) is 0. The van der Waals surface area contributed by atoms with Crippen LogP contribution in [0.5, 0.6) is 0 Å². The molecule has 0 fully saturated rings.